The van der Waals surface area contributed by atoms with Crippen LogP contribution < -0.4 is 10.0 Å². The Balaban J connectivity index is 1.88. The molecule has 1 amide bonds. The lowest BCUT2D eigenvalue weighted by Gasteiger charge is -2.15. The van der Waals surface area contributed by atoms with Crippen molar-refractivity contribution in [2.75, 3.05) is 11.3 Å². The number of carbonyl (C=O) groups excluding carboxylic acids is 1. The number of benzene rings is 2. The number of nitrogens with one attached hydrogen (secondary N) is 2. The topological polar surface area (TPSA) is 75.3 Å². The summed E-state index contributed by atoms with van der Waals surface area (Å²) in [5, 5.41) is 3.38. The van der Waals surface area contributed by atoms with Crippen LogP contribution in [0.15, 0.2) is 41.3 Å². The summed E-state index contributed by atoms with van der Waals surface area (Å²) in [5.74, 6) is 0.265. The lowest BCUT2D eigenvalue weighted by molar-refractivity contribution is 0.0952. The fourth-order valence-corrected chi connectivity index (χ4v) is 4.28. The summed E-state index contributed by atoms with van der Waals surface area (Å²) >= 11 is 6.06. The van der Waals surface area contributed by atoms with Gasteiger partial charge in [0.1, 0.15) is 0 Å². The molecule has 0 radical (unpaired) electrons. The molecule has 0 spiro atoms. The van der Waals surface area contributed by atoms with E-state index in [1.807, 2.05) is 0 Å². The first-order valence-electron chi connectivity index (χ1n) is 8.45. The van der Waals surface area contributed by atoms with Crippen LogP contribution in [0.3, 0.4) is 0 Å². The van der Waals surface area contributed by atoms with Gasteiger partial charge in [-0.25, -0.2) is 8.42 Å². The Hall–Kier alpha value is -2.05. The largest absolute Gasteiger partial charge is 0.352 e. The fourth-order valence-electron chi connectivity index (χ4n) is 2.67. The highest BCUT2D eigenvalue weighted by atomic mass is 35.5. The number of halogens is 1. The van der Waals surface area contributed by atoms with Crippen molar-refractivity contribution in [1.82, 2.24) is 5.32 Å². The highest BCUT2D eigenvalue weighted by Crippen LogP contribution is 2.29. The summed E-state index contributed by atoms with van der Waals surface area (Å²) in [5.41, 5.74) is 1.78. The normalized spacial score (nSPS) is 14.1. The smallest absolute Gasteiger partial charge is 0.262 e. The number of amides is 1. The summed E-state index contributed by atoms with van der Waals surface area (Å²) in [6, 6.07) is 9.76. The second kappa shape index (κ2) is 7.29. The molecular formula is C19H21ClN2O3S. The molecule has 2 N–H and O–H groups in total. The Kier molecular flexibility index (Phi) is 5.25. The van der Waals surface area contributed by atoms with Crippen molar-refractivity contribution in [2.45, 2.75) is 31.6 Å². The number of anilines is 1. The average Bonchev–Trinajstić information content (AvgIpc) is 3.40. The van der Waals surface area contributed by atoms with Gasteiger partial charge < -0.3 is 5.32 Å². The molecule has 3 rings (SSSR count). The molecule has 2 aromatic carbocycles. The summed E-state index contributed by atoms with van der Waals surface area (Å²) < 4.78 is 28.2. The zero-order chi connectivity index (χ0) is 18.9. The lowest BCUT2D eigenvalue weighted by Crippen LogP contribution is -2.27. The minimum absolute atomic E-state index is 0.146. The quantitative estimate of drug-likeness (QED) is 0.782. The summed E-state index contributed by atoms with van der Waals surface area (Å²) in [7, 11) is -3.85. The second-order valence-electron chi connectivity index (χ2n) is 6.67. The summed E-state index contributed by atoms with van der Waals surface area (Å²) in [4.78, 5) is 12.6. The van der Waals surface area contributed by atoms with E-state index in [9.17, 15) is 13.2 Å². The van der Waals surface area contributed by atoms with Crippen molar-refractivity contribution in [3.8, 4) is 0 Å². The molecule has 2 aromatic rings. The molecule has 1 aliphatic carbocycles. The van der Waals surface area contributed by atoms with E-state index in [0.717, 1.165) is 12.8 Å². The summed E-state index contributed by atoms with van der Waals surface area (Å²) in [6.45, 7) is 4.06. The van der Waals surface area contributed by atoms with Crippen LogP contribution in [0.5, 0.6) is 0 Å². The molecule has 0 aliphatic heterocycles. The van der Waals surface area contributed by atoms with Crippen molar-refractivity contribution in [3.05, 3.63) is 58.1 Å². The van der Waals surface area contributed by atoms with Gasteiger partial charge in [0.15, 0.2) is 0 Å². The van der Waals surface area contributed by atoms with Crippen LogP contribution in [0.25, 0.3) is 0 Å². The molecule has 138 valence electrons. The molecule has 0 saturated heterocycles. The minimum Gasteiger partial charge on any atom is -0.352 e. The van der Waals surface area contributed by atoms with Crippen molar-refractivity contribution >= 4 is 33.2 Å². The third kappa shape index (κ3) is 4.19. The molecule has 7 heteroatoms. The predicted molar refractivity (Wildman–Crippen MR) is 103 cm³/mol. The first-order valence-corrected chi connectivity index (χ1v) is 10.3. The van der Waals surface area contributed by atoms with E-state index < -0.39 is 10.0 Å². The molecule has 5 nitrogen and oxygen atoms in total. The van der Waals surface area contributed by atoms with Crippen LogP contribution >= 0.6 is 11.6 Å². The second-order valence-corrected chi connectivity index (χ2v) is 8.73. The van der Waals surface area contributed by atoms with Gasteiger partial charge in [-0.2, -0.15) is 0 Å². The first-order chi connectivity index (χ1) is 12.3. The number of rotatable bonds is 6. The number of para-hydroxylation sites is 1. The average molecular weight is 393 g/mol. The van der Waals surface area contributed by atoms with Gasteiger partial charge in [-0.15, -0.1) is 0 Å². The SMILES string of the molecule is Cc1cc(S(=O)(=O)Nc2ccccc2C(=O)NCC2CC2)c(C)cc1Cl. The minimum atomic E-state index is -3.85. The highest BCUT2D eigenvalue weighted by Gasteiger charge is 2.24. The number of aryl methyl sites for hydroxylation is 2. The zero-order valence-corrected chi connectivity index (χ0v) is 16.2. The van der Waals surface area contributed by atoms with E-state index in [0.29, 0.717) is 34.2 Å². The van der Waals surface area contributed by atoms with Crippen LogP contribution in [-0.4, -0.2) is 20.9 Å². The molecule has 0 atom stereocenters. The molecule has 0 aromatic heterocycles. The first kappa shape index (κ1) is 18.7. The van der Waals surface area contributed by atoms with Gasteiger partial charge >= 0.3 is 0 Å². The van der Waals surface area contributed by atoms with E-state index in [1.165, 1.54) is 6.07 Å². The van der Waals surface area contributed by atoms with Crippen LogP contribution in [0, 0.1) is 19.8 Å². The molecule has 1 fully saturated rings. The Labute approximate surface area is 158 Å². The fraction of sp³-hybridized carbons (Fsp3) is 0.316. The highest BCUT2D eigenvalue weighted by molar-refractivity contribution is 7.92. The van der Waals surface area contributed by atoms with Gasteiger partial charge in [0, 0.05) is 11.6 Å². The van der Waals surface area contributed by atoms with Gasteiger partial charge in [-0.3, -0.25) is 9.52 Å². The van der Waals surface area contributed by atoms with E-state index >= 15 is 0 Å². The molecular weight excluding hydrogens is 372 g/mol. The van der Waals surface area contributed by atoms with Crippen molar-refractivity contribution in [3.63, 3.8) is 0 Å². The maximum atomic E-state index is 12.9. The third-order valence-electron chi connectivity index (χ3n) is 4.41. The van der Waals surface area contributed by atoms with Gasteiger partial charge in [0.05, 0.1) is 16.1 Å². The summed E-state index contributed by atoms with van der Waals surface area (Å²) in [6.07, 6.45) is 2.26. The monoisotopic (exact) mass is 392 g/mol. The molecule has 1 saturated carbocycles. The molecule has 0 bridgehead atoms. The van der Waals surface area contributed by atoms with Gasteiger partial charge in [-0.05, 0) is 68.0 Å². The van der Waals surface area contributed by atoms with Crippen LogP contribution in [0.2, 0.25) is 5.02 Å². The number of hydrogen-bond donors (Lipinski definition) is 2. The number of sulfonamides is 1. The van der Waals surface area contributed by atoms with E-state index in [1.54, 1.807) is 44.2 Å². The maximum absolute atomic E-state index is 12.9. The van der Waals surface area contributed by atoms with Crippen LogP contribution in [0.1, 0.15) is 34.3 Å². The Morgan fingerprint density at radius 2 is 1.85 bits per heavy atom. The number of carbonyl (C=O) groups is 1. The third-order valence-corrected chi connectivity index (χ3v) is 6.32. The standard InChI is InChI=1S/C19H21ClN2O3S/c1-12-10-18(13(2)9-16(12)20)26(24,25)22-17-6-4-3-5-15(17)19(23)21-11-14-7-8-14/h3-6,9-10,14,22H,7-8,11H2,1-2H3,(H,21,23). The lowest BCUT2D eigenvalue weighted by atomic mass is 10.1. The Morgan fingerprint density at radius 3 is 2.54 bits per heavy atom. The van der Waals surface area contributed by atoms with Crippen molar-refractivity contribution < 1.29 is 13.2 Å². The molecule has 1 aliphatic rings. The van der Waals surface area contributed by atoms with E-state index in [-0.39, 0.29) is 16.5 Å². The maximum Gasteiger partial charge on any atom is 0.262 e. The van der Waals surface area contributed by atoms with E-state index in [4.69, 9.17) is 11.6 Å². The Morgan fingerprint density at radius 1 is 1.15 bits per heavy atom. The van der Waals surface area contributed by atoms with Gasteiger partial charge in [0.2, 0.25) is 0 Å². The van der Waals surface area contributed by atoms with Crippen LogP contribution in [-0.2, 0) is 10.0 Å². The van der Waals surface area contributed by atoms with Crippen molar-refractivity contribution in [2.24, 2.45) is 5.92 Å². The molecule has 0 heterocycles. The van der Waals surface area contributed by atoms with Gasteiger partial charge in [0.25, 0.3) is 15.9 Å². The van der Waals surface area contributed by atoms with Crippen molar-refractivity contribution in [1.29, 1.82) is 0 Å². The predicted octanol–water partition coefficient (Wildman–Crippen LogP) is 3.90. The van der Waals surface area contributed by atoms with Crippen LogP contribution in [0.4, 0.5) is 5.69 Å². The molecule has 0 unspecified atom stereocenters. The Bertz CT molecular complexity index is 953. The van der Waals surface area contributed by atoms with Gasteiger partial charge in [-0.1, -0.05) is 23.7 Å². The number of hydrogen-bond acceptors (Lipinski definition) is 3. The zero-order valence-electron chi connectivity index (χ0n) is 14.7. The van der Waals surface area contributed by atoms with E-state index in [2.05, 4.69) is 10.0 Å². The molecule has 26 heavy (non-hydrogen) atoms.